The molecule has 0 bridgehead atoms. The summed E-state index contributed by atoms with van der Waals surface area (Å²) in [4.78, 5) is 0. The third-order valence-corrected chi connectivity index (χ3v) is 5.41. The molecule has 19 heavy (non-hydrogen) atoms. The van der Waals surface area contributed by atoms with Crippen molar-refractivity contribution in [2.24, 2.45) is 35.5 Å². The highest BCUT2D eigenvalue weighted by Gasteiger charge is 2.23. The van der Waals surface area contributed by atoms with E-state index in [9.17, 15) is 0 Å². The first-order chi connectivity index (χ1) is 8.79. The molecule has 0 aromatic heterocycles. The van der Waals surface area contributed by atoms with Gasteiger partial charge in [0.05, 0.1) is 0 Å². The molecule has 0 spiro atoms. The van der Waals surface area contributed by atoms with Gasteiger partial charge in [-0.25, -0.2) is 0 Å². The quantitative estimate of drug-likeness (QED) is 0.409. The molecule has 116 valence electrons. The van der Waals surface area contributed by atoms with Crippen LogP contribution in [0, 0.1) is 35.5 Å². The number of rotatable bonds is 10. The third kappa shape index (κ3) is 8.00. The molecule has 0 saturated carbocycles. The molecule has 0 aromatic rings. The van der Waals surface area contributed by atoms with Crippen molar-refractivity contribution in [3.05, 3.63) is 0 Å². The predicted octanol–water partition coefficient (Wildman–Crippen LogP) is 6.79. The lowest BCUT2D eigenvalue weighted by Gasteiger charge is -2.31. The van der Waals surface area contributed by atoms with E-state index in [-0.39, 0.29) is 0 Å². The maximum atomic E-state index is 2.48. The van der Waals surface area contributed by atoms with Crippen molar-refractivity contribution in [1.29, 1.82) is 0 Å². The predicted molar refractivity (Wildman–Crippen MR) is 89.4 cm³/mol. The van der Waals surface area contributed by atoms with E-state index in [0.29, 0.717) is 0 Å². The molecule has 0 nitrogen and oxygen atoms in total. The Labute approximate surface area is 123 Å². The van der Waals surface area contributed by atoms with Gasteiger partial charge >= 0.3 is 0 Å². The van der Waals surface area contributed by atoms with Gasteiger partial charge in [0.15, 0.2) is 0 Å². The number of hydrogen-bond donors (Lipinski definition) is 0. The Hall–Kier alpha value is 0. The van der Waals surface area contributed by atoms with E-state index in [1.807, 2.05) is 0 Å². The normalized spacial score (nSPS) is 18.6. The first kappa shape index (κ1) is 19.0. The van der Waals surface area contributed by atoms with Gasteiger partial charge in [-0.15, -0.1) is 0 Å². The third-order valence-electron chi connectivity index (χ3n) is 5.41. The highest BCUT2D eigenvalue weighted by atomic mass is 14.3. The molecular weight excluding hydrogens is 228 g/mol. The van der Waals surface area contributed by atoms with E-state index in [1.165, 1.54) is 32.1 Å². The van der Waals surface area contributed by atoms with Crippen LogP contribution >= 0.6 is 0 Å². The minimum Gasteiger partial charge on any atom is -0.0654 e. The van der Waals surface area contributed by atoms with E-state index >= 15 is 0 Å². The van der Waals surface area contributed by atoms with Crippen LogP contribution in [0.5, 0.6) is 0 Å². The second-order valence-corrected chi connectivity index (χ2v) is 7.79. The molecule has 4 unspecified atom stereocenters. The van der Waals surface area contributed by atoms with Crippen molar-refractivity contribution in [3.8, 4) is 0 Å². The molecule has 4 atom stereocenters. The molecule has 0 aliphatic heterocycles. The fourth-order valence-electron chi connectivity index (χ4n) is 3.08. The fourth-order valence-corrected chi connectivity index (χ4v) is 3.08. The van der Waals surface area contributed by atoms with Crippen LogP contribution < -0.4 is 0 Å². The number of hydrogen-bond acceptors (Lipinski definition) is 0. The van der Waals surface area contributed by atoms with E-state index in [1.54, 1.807) is 0 Å². The topological polar surface area (TPSA) is 0 Å². The second-order valence-electron chi connectivity index (χ2n) is 7.79. The molecular formula is C19H40. The lowest BCUT2D eigenvalue weighted by molar-refractivity contribution is 0.199. The van der Waals surface area contributed by atoms with Gasteiger partial charge in [-0.05, 0) is 48.3 Å². The summed E-state index contributed by atoms with van der Waals surface area (Å²) in [7, 11) is 0. The first-order valence-corrected chi connectivity index (χ1v) is 8.79. The summed E-state index contributed by atoms with van der Waals surface area (Å²) >= 11 is 0. The van der Waals surface area contributed by atoms with Gasteiger partial charge in [-0.2, -0.15) is 0 Å². The van der Waals surface area contributed by atoms with Gasteiger partial charge in [-0.1, -0.05) is 74.7 Å². The molecule has 0 aliphatic rings. The largest absolute Gasteiger partial charge is 0.0654 e. The van der Waals surface area contributed by atoms with E-state index < -0.39 is 0 Å². The van der Waals surface area contributed by atoms with Crippen molar-refractivity contribution in [2.75, 3.05) is 0 Å². The maximum absolute atomic E-state index is 2.48. The van der Waals surface area contributed by atoms with Gasteiger partial charge in [0, 0.05) is 0 Å². The van der Waals surface area contributed by atoms with Gasteiger partial charge in [-0.3, -0.25) is 0 Å². The zero-order valence-electron chi connectivity index (χ0n) is 15.0. The second kappa shape index (κ2) is 9.83. The van der Waals surface area contributed by atoms with Crippen LogP contribution in [0.1, 0.15) is 87.5 Å². The van der Waals surface area contributed by atoms with E-state index in [4.69, 9.17) is 0 Å². The molecule has 0 rings (SSSR count). The van der Waals surface area contributed by atoms with Crippen LogP contribution in [0.25, 0.3) is 0 Å². The Morgan fingerprint density at radius 1 is 0.684 bits per heavy atom. The monoisotopic (exact) mass is 268 g/mol. The Kier molecular flexibility index (Phi) is 9.83. The summed E-state index contributed by atoms with van der Waals surface area (Å²) in [5.41, 5.74) is 0. The van der Waals surface area contributed by atoms with Gasteiger partial charge < -0.3 is 0 Å². The molecule has 0 N–H and O–H groups in total. The minimum absolute atomic E-state index is 0.827. The first-order valence-electron chi connectivity index (χ1n) is 8.79. The van der Waals surface area contributed by atoms with Gasteiger partial charge in [0.1, 0.15) is 0 Å². The summed E-state index contributed by atoms with van der Waals surface area (Å²) in [6, 6.07) is 0. The molecule has 0 heterocycles. The smallest absolute Gasteiger partial charge is 0.0383 e. The van der Waals surface area contributed by atoms with Crippen LogP contribution in [-0.4, -0.2) is 0 Å². The van der Waals surface area contributed by atoms with Crippen molar-refractivity contribution in [2.45, 2.75) is 87.5 Å². The molecule has 0 aromatic carbocycles. The standard InChI is InChI=1S/C19H40/c1-9-10-16(6)13-19(18(8)15(4)5)12-11-17(7)14(2)3/h14-19H,9-13H2,1-8H3. The Morgan fingerprint density at radius 2 is 1.26 bits per heavy atom. The average Bonchev–Trinajstić information content (AvgIpc) is 2.32. The van der Waals surface area contributed by atoms with Crippen LogP contribution in [0.15, 0.2) is 0 Å². The summed E-state index contributed by atoms with van der Waals surface area (Å²) < 4.78 is 0. The molecule has 0 radical (unpaired) electrons. The van der Waals surface area contributed by atoms with Crippen molar-refractivity contribution in [1.82, 2.24) is 0 Å². The van der Waals surface area contributed by atoms with Crippen LogP contribution in [0.4, 0.5) is 0 Å². The van der Waals surface area contributed by atoms with E-state index in [0.717, 1.165) is 35.5 Å². The van der Waals surface area contributed by atoms with Gasteiger partial charge in [0.2, 0.25) is 0 Å². The Morgan fingerprint density at radius 3 is 1.68 bits per heavy atom. The van der Waals surface area contributed by atoms with Crippen LogP contribution in [0.2, 0.25) is 0 Å². The van der Waals surface area contributed by atoms with Gasteiger partial charge in [0.25, 0.3) is 0 Å². The summed E-state index contributed by atoms with van der Waals surface area (Å²) in [6.45, 7) is 19.2. The highest BCUT2D eigenvalue weighted by molar-refractivity contribution is 4.73. The van der Waals surface area contributed by atoms with Crippen LogP contribution in [-0.2, 0) is 0 Å². The van der Waals surface area contributed by atoms with Crippen molar-refractivity contribution < 1.29 is 0 Å². The summed E-state index contributed by atoms with van der Waals surface area (Å²) in [5, 5.41) is 0. The molecule has 0 amide bonds. The summed E-state index contributed by atoms with van der Waals surface area (Å²) in [5.74, 6) is 5.26. The Bertz CT molecular complexity index is 204. The lowest BCUT2D eigenvalue weighted by atomic mass is 9.75. The zero-order valence-corrected chi connectivity index (χ0v) is 15.0. The average molecular weight is 269 g/mol. The maximum Gasteiger partial charge on any atom is -0.0383 e. The summed E-state index contributed by atoms with van der Waals surface area (Å²) in [6.07, 6.45) is 7.04. The van der Waals surface area contributed by atoms with E-state index in [2.05, 4.69) is 55.4 Å². The molecule has 0 heteroatoms. The van der Waals surface area contributed by atoms with Crippen molar-refractivity contribution in [3.63, 3.8) is 0 Å². The minimum atomic E-state index is 0.827. The van der Waals surface area contributed by atoms with Crippen molar-refractivity contribution >= 4 is 0 Å². The molecule has 0 fully saturated rings. The van der Waals surface area contributed by atoms with Crippen LogP contribution in [0.3, 0.4) is 0 Å². The molecule has 0 saturated heterocycles. The Balaban J connectivity index is 4.41. The zero-order chi connectivity index (χ0) is 15.0. The highest BCUT2D eigenvalue weighted by Crippen LogP contribution is 2.33. The SMILES string of the molecule is CCCC(C)CC(CCC(C)C(C)C)C(C)C(C)C. The fraction of sp³-hybridized carbons (Fsp3) is 1.00. The molecule has 0 aliphatic carbocycles. The lowest BCUT2D eigenvalue weighted by Crippen LogP contribution is -2.21.